The van der Waals surface area contributed by atoms with Crippen LogP contribution in [0.5, 0.6) is 0 Å². The minimum Gasteiger partial charge on any atom is -0.380 e. The molecule has 0 aliphatic carbocycles. The maximum Gasteiger partial charge on any atom is 0.162 e. The maximum absolute atomic E-state index is 12.7. The lowest BCUT2D eigenvalue weighted by Gasteiger charge is -2.43. The van der Waals surface area contributed by atoms with Gasteiger partial charge in [-0.05, 0) is 122 Å². The topological polar surface area (TPSA) is 72.8 Å². The summed E-state index contributed by atoms with van der Waals surface area (Å²) in [7, 11) is 0. The third kappa shape index (κ3) is 7.66. The minimum absolute atomic E-state index is 0.0187. The van der Waals surface area contributed by atoms with Gasteiger partial charge < -0.3 is 20.4 Å². The van der Waals surface area contributed by atoms with E-state index >= 15 is 0 Å². The van der Waals surface area contributed by atoms with E-state index in [1.807, 2.05) is 91.0 Å². The van der Waals surface area contributed by atoms with Crippen LogP contribution in [-0.2, 0) is 11.2 Å². The van der Waals surface area contributed by atoms with E-state index < -0.39 is 11.2 Å². The molecule has 2 aliphatic rings. The lowest BCUT2D eigenvalue weighted by molar-refractivity contribution is -0.0143. The summed E-state index contributed by atoms with van der Waals surface area (Å²) >= 11 is 5.99. The summed E-state index contributed by atoms with van der Waals surface area (Å²) in [6.45, 7) is 3.43. The highest BCUT2D eigenvalue weighted by Crippen LogP contribution is 2.46. The molecule has 0 radical (unpaired) electrons. The quantitative estimate of drug-likeness (QED) is 0.113. The molecule has 5 nitrogen and oxygen atoms in total. The van der Waals surface area contributed by atoms with Crippen LogP contribution in [0.15, 0.2) is 140 Å². The number of hydrogen-bond donors (Lipinski definition) is 3. The second-order valence-electron chi connectivity index (χ2n) is 14.6. The van der Waals surface area contributed by atoms with E-state index in [1.165, 1.54) is 0 Å². The Kier molecular flexibility index (Phi) is 11.4. The number of hydrogen-bond acceptors (Lipinski definition) is 5. The number of carbonyl (C=O) groups is 1. The van der Waals surface area contributed by atoms with Gasteiger partial charge in [-0.1, -0.05) is 127 Å². The van der Waals surface area contributed by atoms with E-state index in [2.05, 4.69) is 34.5 Å². The molecule has 0 spiro atoms. The number of aliphatic hydroxyl groups is 2. The minimum atomic E-state index is -1.13. The fraction of sp³-hybridized carbons (Fsp3) is 0.326. The smallest absolute Gasteiger partial charge is 0.162 e. The number of ketones is 1. The summed E-state index contributed by atoms with van der Waals surface area (Å²) < 4.78 is 0. The van der Waals surface area contributed by atoms with Gasteiger partial charge in [0.15, 0.2) is 5.78 Å². The standard InChI is InChI=1S/C46H49ClN2O3/c47-42-24-20-35(21-25-42)44(50)17-10-30-49-31-27-40(28-32-49)45(51,36-11-4-1-5-12-36)39-22-18-34(19-23-39)43-33-41(26-29-48-43)46(52,37-13-6-2-7-14-37)38-15-8-3-9-16-38/h1-9,11-16,18-25,40-41,43,48,51-52H,10,17,26-33H2. The van der Waals surface area contributed by atoms with Crippen molar-refractivity contribution in [1.82, 2.24) is 10.2 Å². The van der Waals surface area contributed by atoms with Gasteiger partial charge in [0.05, 0.1) is 0 Å². The predicted molar refractivity (Wildman–Crippen MR) is 209 cm³/mol. The summed E-state index contributed by atoms with van der Waals surface area (Å²) in [6, 6.07) is 46.0. The molecule has 3 N–H and O–H groups in total. The summed E-state index contributed by atoms with van der Waals surface area (Å²) in [6.07, 6.45) is 4.69. The number of likely N-dealkylation sites (tertiary alicyclic amines) is 1. The van der Waals surface area contributed by atoms with Gasteiger partial charge >= 0.3 is 0 Å². The molecule has 3 unspecified atom stereocenters. The Hall–Kier alpha value is -4.10. The van der Waals surface area contributed by atoms with E-state index in [0.29, 0.717) is 17.0 Å². The van der Waals surface area contributed by atoms with E-state index in [1.54, 1.807) is 24.3 Å². The third-order valence-corrected chi connectivity index (χ3v) is 11.9. The fourth-order valence-electron chi connectivity index (χ4n) is 8.69. The first-order valence-corrected chi connectivity index (χ1v) is 19.2. The van der Waals surface area contributed by atoms with Crippen molar-refractivity contribution in [2.75, 3.05) is 26.2 Å². The van der Waals surface area contributed by atoms with E-state index in [4.69, 9.17) is 11.6 Å². The molecule has 2 heterocycles. The number of nitrogens with one attached hydrogen (secondary N) is 1. The highest BCUT2D eigenvalue weighted by Gasteiger charge is 2.44. The Labute approximate surface area is 313 Å². The van der Waals surface area contributed by atoms with E-state index in [9.17, 15) is 15.0 Å². The molecule has 2 fully saturated rings. The fourth-order valence-corrected chi connectivity index (χ4v) is 8.82. The zero-order chi connectivity index (χ0) is 36.0. The van der Waals surface area contributed by atoms with Crippen LogP contribution in [0.4, 0.5) is 0 Å². The number of benzene rings is 5. The largest absolute Gasteiger partial charge is 0.380 e. The molecule has 0 amide bonds. The molecule has 5 aromatic rings. The van der Waals surface area contributed by atoms with Crippen molar-refractivity contribution in [1.29, 1.82) is 0 Å². The highest BCUT2D eigenvalue weighted by atomic mass is 35.5. The molecule has 52 heavy (non-hydrogen) atoms. The Morgan fingerprint density at radius 3 is 1.69 bits per heavy atom. The van der Waals surface area contributed by atoms with Crippen molar-refractivity contribution >= 4 is 17.4 Å². The summed E-state index contributed by atoms with van der Waals surface area (Å²) in [5, 5.41) is 29.6. The maximum atomic E-state index is 12.7. The molecule has 0 saturated carbocycles. The second kappa shape index (κ2) is 16.3. The van der Waals surface area contributed by atoms with Crippen LogP contribution in [0, 0.1) is 11.8 Å². The Bertz CT molecular complexity index is 1840. The number of halogens is 1. The molecule has 7 rings (SSSR count). The number of nitrogens with zero attached hydrogens (tertiary/aromatic N) is 1. The molecule has 3 atom stereocenters. The van der Waals surface area contributed by atoms with Crippen LogP contribution < -0.4 is 5.32 Å². The first kappa shape index (κ1) is 36.3. The van der Waals surface area contributed by atoms with Crippen molar-refractivity contribution in [3.05, 3.63) is 178 Å². The molecule has 0 bridgehead atoms. The van der Waals surface area contributed by atoms with Crippen molar-refractivity contribution in [3.63, 3.8) is 0 Å². The van der Waals surface area contributed by atoms with Crippen LogP contribution in [0.1, 0.15) is 82.7 Å². The van der Waals surface area contributed by atoms with Gasteiger partial charge in [-0.3, -0.25) is 4.79 Å². The SMILES string of the molecule is O=C(CCCN1CCC(C(O)(c2ccccc2)c2ccc(C3CC(C(O)(c4ccccc4)c4ccccc4)CCN3)cc2)CC1)c1ccc(Cl)cc1. The Balaban J connectivity index is 1.05. The van der Waals surface area contributed by atoms with Gasteiger partial charge in [0.1, 0.15) is 11.2 Å². The molecular weight excluding hydrogens is 664 g/mol. The van der Waals surface area contributed by atoms with Gasteiger partial charge in [-0.2, -0.15) is 0 Å². The van der Waals surface area contributed by atoms with E-state index in [0.717, 1.165) is 86.1 Å². The lowest BCUT2D eigenvalue weighted by Crippen LogP contribution is -2.44. The second-order valence-corrected chi connectivity index (χ2v) is 15.1. The molecule has 0 aromatic heterocycles. The van der Waals surface area contributed by atoms with Gasteiger partial charge in [0, 0.05) is 23.0 Å². The van der Waals surface area contributed by atoms with Gasteiger partial charge in [0.2, 0.25) is 0 Å². The third-order valence-electron chi connectivity index (χ3n) is 11.6. The van der Waals surface area contributed by atoms with E-state index in [-0.39, 0.29) is 23.7 Å². The summed E-state index contributed by atoms with van der Waals surface area (Å²) in [5.41, 5.74) is 3.32. The Morgan fingerprint density at radius 2 is 1.15 bits per heavy atom. The molecule has 2 saturated heterocycles. The van der Waals surface area contributed by atoms with Crippen LogP contribution in [0.3, 0.4) is 0 Å². The van der Waals surface area contributed by atoms with Crippen LogP contribution in [-0.4, -0.2) is 47.1 Å². The molecule has 5 aromatic carbocycles. The van der Waals surface area contributed by atoms with Crippen molar-refractivity contribution < 1.29 is 15.0 Å². The predicted octanol–water partition coefficient (Wildman–Crippen LogP) is 8.93. The molecule has 2 aliphatic heterocycles. The average Bonchev–Trinajstić information content (AvgIpc) is 3.22. The number of rotatable bonds is 12. The van der Waals surface area contributed by atoms with Crippen LogP contribution in [0.2, 0.25) is 5.02 Å². The van der Waals surface area contributed by atoms with Crippen molar-refractivity contribution in [3.8, 4) is 0 Å². The van der Waals surface area contributed by atoms with Crippen LogP contribution in [0.25, 0.3) is 0 Å². The molecule has 6 heteroatoms. The number of piperidine rings is 2. The van der Waals surface area contributed by atoms with Crippen molar-refractivity contribution in [2.45, 2.75) is 55.8 Å². The zero-order valence-electron chi connectivity index (χ0n) is 29.7. The number of Topliss-reactive ketones (excluding diaryl/α,β-unsaturated/α-hetero) is 1. The van der Waals surface area contributed by atoms with Crippen LogP contribution >= 0.6 is 11.6 Å². The highest BCUT2D eigenvalue weighted by molar-refractivity contribution is 6.30. The lowest BCUT2D eigenvalue weighted by atomic mass is 9.70. The molecule has 268 valence electrons. The first-order valence-electron chi connectivity index (χ1n) is 18.8. The van der Waals surface area contributed by atoms with Gasteiger partial charge in [-0.25, -0.2) is 0 Å². The Morgan fingerprint density at radius 1 is 0.654 bits per heavy atom. The first-order chi connectivity index (χ1) is 25.4. The monoisotopic (exact) mass is 712 g/mol. The molecular formula is C46H49ClN2O3. The van der Waals surface area contributed by atoms with Gasteiger partial charge in [0.25, 0.3) is 0 Å². The van der Waals surface area contributed by atoms with Crippen molar-refractivity contribution in [2.24, 2.45) is 11.8 Å². The summed E-state index contributed by atoms with van der Waals surface area (Å²) in [5.74, 6) is 0.220. The number of carbonyl (C=O) groups excluding carboxylic acids is 1. The zero-order valence-corrected chi connectivity index (χ0v) is 30.5. The van der Waals surface area contributed by atoms with Gasteiger partial charge in [-0.15, -0.1) is 0 Å². The normalized spacial score (nSPS) is 19.9. The average molecular weight is 713 g/mol. The summed E-state index contributed by atoms with van der Waals surface area (Å²) in [4.78, 5) is 15.1.